The Hall–Kier alpha value is -0.660. The number of nitrogens with zero attached hydrogens (tertiary/aromatic N) is 2. The molecule has 62 valence electrons. The third-order valence-corrected chi connectivity index (χ3v) is 2.46. The van der Waals surface area contributed by atoms with Gasteiger partial charge in [-0.25, -0.2) is 8.96 Å². The average molecular weight is 216 g/mol. The maximum Gasteiger partial charge on any atom is 0.198 e. The minimum absolute atomic E-state index is 0.416. The Kier molecular flexibility index (Phi) is 1.78. The molecule has 0 aliphatic rings. The zero-order chi connectivity index (χ0) is 8.72. The predicted molar refractivity (Wildman–Crippen MR) is 54.5 cm³/mol. The summed E-state index contributed by atoms with van der Waals surface area (Å²) < 4.78 is 2.45. The van der Waals surface area contributed by atoms with E-state index >= 15 is 0 Å². The molecule has 12 heavy (non-hydrogen) atoms. The number of hydrogen-bond acceptors (Lipinski definition) is 4. The van der Waals surface area contributed by atoms with Crippen LogP contribution in [0.5, 0.6) is 0 Å². The second-order valence-electron chi connectivity index (χ2n) is 2.19. The Morgan fingerprint density at radius 1 is 1.42 bits per heavy atom. The van der Waals surface area contributed by atoms with Gasteiger partial charge in [0.1, 0.15) is 5.52 Å². The standard InChI is InChI=1S/C5H4N4S3/c10-4-6-1-2-3(8-4)9(12)5(11)7-2/h1,12H,(H,7,11)(H,6,8,10). The van der Waals surface area contributed by atoms with Crippen LogP contribution >= 0.6 is 37.3 Å². The minimum Gasteiger partial charge on any atom is -0.327 e. The van der Waals surface area contributed by atoms with E-state index in [2.05, 4.69) is 27.8 Å². The van der Waals surface area contributed by atoms with E-state index < -0.39 is 0 Å². The highest BCUT2D eigenvalue weighted by Crippen LogP contribution is 2.09. The molecular formula is C5H4N4S3. The maximum absolute atomic E-state index is 4.95. The summed E-state index contributed by atoms with van der Waals surface area (Å²) in [4.78, 5) is 9.68. The molecule has 0 aliphatic carbocycles. The number of aromatic nitrogens is 4. The first kappa shape index (κ1) is 7.96. The van der Waals surface area contributed by atoms with Gasteiger partial charge in [-0.2, -0.15) is 0 Å². The van der Waals surface area contributed by atoms with Crippen LogP contribution in [0.2, 0.25) is 0 Å². The number of fused-ring (bicyclic) bond motifs is 1. The summed E-state index contributed by atoms with van der Waals surface area (Å²) in [6.45, 7) is 0. The summed E-state index contributed by atoms with van der Waals surface area (Å²) >= 11 is 13.9. The third-order valence-electron chi connectivity index (χ3n) is 1.44. The zero-order valence-corrected chi connectivity index (χ0v) is 8.26. The molecule has 0 amide bonds. The van der Waals surface area contributed by atoms with Crippen LogP contribution in [0.3, 0.4) is 0 Å². The molecule has 7 heteroatoms. The van der Waals surface area contributed by atoms with Crippen LogP contribution in [0.1, 0.15) is 0 Å². The summed E-state index contributed by atoms with van der Waals surface area (Å²) in [5.41, 5.74) is 1.53. The summed E-state index contributed by atoms with van der Waals surface area (Å²) in [5, 5.41) is 0. The van der Waals surface area contributed by atoms with E-state index in [4.69, 9.17) is 24.4 Å². The SMILES string of the molecule is S=c1ncc2[nH]c(=S)n(S)c2[nH]1. The average Bonchev–Trinajstić information content (AvgIpc) is 2.31. The normalized spacial score (nSPS) is 10.8. The topological polar surface area (TPSA) is 49.4 Å². The molecule has 0 bridgehead atoms. The van der Waals surface area contributed by atoms with Gasteiger partial charge in [-0.1, -0.05) is 12.8 Å². The molecule has 2 N–H and O–H groups in total. The molecule has 0 saturated carbocycles. The third kappa shape index (κ3) is 1.10. The number of nitrogens with one attached hydrogen (secondary N) is 2. The van der Waals surface area contributed by atoms with Gasteiger partial charge >= 0.3 is 0 Å². The van der Waals surface area contributed by atoms with Gasteiger partial charge in [0, 0.05) is 0 Å². The summed E-state index contributed by atoms with van der Waals surface area (Å²) in [6.07, 6.45) is 1.62. The fraction of sp³-hybridized carbons (Fsp3) is 0. The predicted octanol–water partition coefficient (Wildman–Crippen LogP) is 1.84. The van der Waals surface area contributed by atoms with Crippen LogP contribution < -0.4 is 0 Å². The van der Waals surface area contributed by atoms with Crippen LogP contribution in [-0.2, 0) is 0 Å². The van der Waals surface area contributed by atoms with Crippen LogP contribution in [0.15, 0.2) is 6.20 Å². The Bertz CT molecular complexity index is 533. The smallest absolute Gasteiger partial charge is 0.198 e. The van der Waals surface area contributed by atoms with E-state index in [-0.39, 0.29) is 0 Å². The van der Waals surface area contributed by atoms with E-state index in [9.17, 15) is 0 Å². The fourth-order valence-electron chi connectivity index (χ4n) is 0.913. The second kappa shape index (κ2) is 2.68. The number of aromatic amines is 2. The van der Waals surface area contributed by atoms with Crippen LogP contribution in [0.25, 0.3) is 11.2 Å². The van der Waals surface area contributed by atoms with Gasteiger partial charge < -0.3 is 9.97 Å². The Labute approximate surface area is 83.2 Å². The number of thiol groups is 1. The van der Waals surface area contributed by atoms with E-state index in [0.29, 0.717) is 9.54 Å². The van der Waals surface area contributed by atoms with Gasteiger partial charge in [0.15, 0.2) is 15.2 Å². The van der Waals surface area contributed by atoms with Crippen molar-refractivity contribution >= 4 is 48.4 Å². The highest BCUT2D eigenvalue weighted by Gasteiger charge is 2.00. The first-order chi connectivity index (χ1) is 5.68. The molecule has 0 unspecified atom stereocenters. The van der Waals surface area contributed by atoms with Crippen molar-refractivity contribution in [2.75, 3.05) is 0 Å². The van der Waals surface area contributed by atoms with Crippen molar-refractivity contribution in [3.05, 3.63) is 15.7 Å². The van der Waals surface area contributed by atoms with Crippen LogP contribution in [0.4, 0.5) is 0 Å². The molecule has 0 radical (unpaired) electrons. The molecule has 0 spiro atoms. The molecule has 2 heterocycles. The van der Waals surface area contributed by atoms with Crippen molar-refractivity contribution in [1.82, 2.24) is 18.9 Å². The van der Waals surface area contributed by atoms with Crippen molar-refractivity contribution in [1.29, 1.82) is 0 Å². The Balaban J connectivity index is 3.08. The molecule has 0 aliphatic heterocycles. The van der Waals surface area contributed by atoms with Crippen LogP contribution in [-0.4, -0.2) is 18.9 Å². The molecule has 0 aromatic carbocycles. The van der Waals surface area contributed by atoms with Crippen molar-refractivity contribution in [3.8, 4) is 0 Å². The van der Waals surface area contributed by atoms with Crippen molar-refractivity contribution in [2.45, 2.75) is 0 Å². The number of imidazole rings is 1. The molecule has 0 saturated heterocycles. The van der Waals surface area contributed by atoms with Crippen LogP contribution in [0, 0.1) is 9.54 Å². The van der Waals surface area contributed by atoms with Crippen molar-refractivity contribution < 1.29 is 0 Å². The minimum atomic E-state index is 0.416. The highest BCUT2D eigenvalue weighted by atomic mass is 32.1. The molecule has 2 aromatic heterocycles. The van der Waals surface area contributed by atoms with Gasteiger partial charge in [0.2, 0.25) is 0 Å². The highest BCUT2D eigenvalue weighted by molar-refractivity contribution is 7.79. The van der Waals surface area contributed by atoms with Gasteiger partial charge in [-0.15, -0.1) is 0 Å². The van der Waals surface area contributed by atoms with Crippen molar-refractivity contribution in [2.24, 2.45) is 0 Å². The van der Waals surface area contributed by atoms with Gasteiger partial charge in [0.25, 0.3) is 0 Å². The Morgan fingerprint density at radius 3 is 2.92 bits per heavy atom. The number of hydrogen-bond donors (Lipinski definition) is 3. The van der Waals surface area contributed by atoms with Gasteiger partial charge in [0.05, 0.1) is 6.20 Å². The van der Waals surface area contributed by atoms with E-state index in [1.165, 1.54) is 3.97 Å². The number of rotatable bonds is 0. The monoisotopic (exact) mass is 216 g/mol. The first-order valence-corrected chi connectivity index (χ1v) is 4.29. The summed E-state index contributed by atoms with van der Waals surface area (Å²) in [5.74, 6) is 0. The lowest BCUT2D eigenvalue weighted by Crippen LogP contribution is -1.85. The second-order valence-corrected chi connectivity index (χ2v) is 3.37. The van der Waals surface area contributed by atoms with E-state index in [1.54, 1.807) is 6.20 Å². The maximum atomic E-state index is 4.95. The molecular weight excluding hydrogens is 212 g/mol. The fourth-order valence-corrected chi connectivity index (χ4v) is 1.47. The molecule has 2 rings (SSSR count). The lowest BCUT2D eigenvalue weighted by molar-refractivity contribution is 1.15. The summed E-state index contributed by atoms with van der Waals surface area (Å²) in [6, 6.07) is 0. The number of H-pyrrole nitrogens is 2. The Morgan fingerprint density at radius 2 is 2.17 bits per heavy atom. The van der Waals surface area contributed by atoms with Gasteiger partial charge in [-0.3, -0.25) is 0 Å². The zero-order valence-electron chi connectivity index (χ0n) is 5.74. The van der Waals surface area contributed by atoms with Crippen molar-refractivity contribution in [3.63, 3.8) is 0 Å². The molecule has 0 fully saturated rings. The first-order valence-electron chi connectivity index (χ1n) is 3.08. The molecule has 4 nitrogen and oxygen atoms in total. The van der Waals surface area contributed by atoms with Gasteiger partial charge in [-0.05, 0) is 24.4 Å². The largest absolute Gasteiger partial charge is 0.327 e. The summed E-state index contributed by atoms with van der Waals surface area (Å²) in [7, 11) is 0. The lowest BCUT2D eigenvalue weighted by atomic mass is 10.6. The lowest BCUT2D eigenvalue weighted by Gasteiger charge is -1.90. The molecule has 0 atom stereocenters. The molecule has 2 aromatic rings. The van der Waals surface area contributed by atoms with E-state index in [1.807, 2.05) is 0 Å². The van der Waals surface area contributed by atoms with E-state index in [0.717, 1.165) is 11.2 Å². The quantitative estimate of drug-likeness (QED) is 0.465.